The summed E-state index contributed by atoms with van der Waals surface area (Å²) in [5.74, 6) is 0.974. The molecule has 27 heavy (non-hydrogen) atoms. The number of fused-ring (bicyclic) bond motifs is 1. The molecule has 0 spiro atoms. The molecule has 3 heterocycles. The summed E-state index contributed by atoms with van der Waals surface area (Å²) in [6.45, 7) is 4.91. The Bertz CT molecular complexity index is 804. The molecule has 2 aliphatic rings. The quantitative estimate of drug-likeness (QED) is 0.829. The predicted octanol–water partition coefficient (Wildman–Crippen LogP) is 2.46. The molecule has 6 heteroatoms. The molecule has 0 saturated carbocycles. The van der Waals surface area contributed by atoms with E-state index < -0.39 is 0 Å². The minimum Gasteiger partial charge on any atom is -0.494 e. The van der Waals surface area contributed by atoms with Crippen LogP contribution in [0.3, 0.4) is 0 Å². The van der Waals surface area contributed by atoms with Gasteiger partial charge in [0.2, 0.25) is 0 Å². The van der Waals surface area contributed by atoms with Crippen molar-refractivity contribution in [2.45, 2.75) is 31.9 Å². The Hall–Kier alpha value is -2.18. The lowest BCUT2D eigenvalue weighted by molar-refractivity contribution is -0.140. The van der Waals surface area contributed by atoms with Gasteiger partial charge in [-0.05, 0) is 31.4 Å². The number of hydrogen-bond donors (Lipinski definition) is 0. The monoisotopic (exact) mass is 369 g/mol. The molecule has 1 aromatic heterocycles. The number of rotatable bonds is 4. The van der Waals surface area contributed by atoms with Crippen molar-refractivity contribution < 1.29 is 14.3 Å². The minimum atomic E-state index is -0.217. The van der Waals surface area contributed by atoms with E-state index in [0.29, 0.717) is 6.61 Å². The van der Waals surface area contributed by atoms with Crippen LogP contribution in [0.2, 0.25) is 0 Å². The number of para-hydroxylation sites is 1. The van der Waals surface area contributed by atoms with Crippen LogP contribution >= 0.6 is 0 Å². The van der Waals surface area contributed by atoms with Gasteiger partial charge >= 0.3 is 0 Å². The van der Waals surface area contributed by atoms with E-state index in [-0.39, 0.29) is 12.0 Å². The number of nitrogens with zero attached hydrogens (tertiary/aromatic N) is 3. The van der Waals surface area contributed by atoms with E-state index in [1.165, 1.54) is 0 Å². The number of benzene rings is 1. The third kappa shape index (κ3) is 4.06. The fraction of sp³-hybridized carbons (Fsp3) is 0.524. The average Bonchev–Trinajstić information content (AvgIpc) is 3.14. The van der Waals surface area contributed by atoms with Crippen LogP contribution in [-0.2, 0) is 16.1 Å². The fourth-order valence-electron chi connectivity index (χ4n) is 3.97. The van der Waals surface area contributed by atoms with Crippen molar-refractivity contribution in [3.63, 3.8) is 0 Å². The van der Waals surface area contributed by atoms with Crippen LogP contribution in [-0.4, -0.2) is 66.7 Å². The molecule has 1 aromatic carbocycles. The van der Waals surface area contributed by atoms with Crippen LogP contribution in [0.4, 0.5) is 0 Å². The average molecular weight is 369 g/mol. The van der Waals surface area contributed by atoms with Crippen molar-refractivity contribution in [3.05, 3.63) is 36.0 Å². The standard InChI is InChI=1S/C21H27N3O3/c1-26-18-6-2-5-16-8-9-17(22-20(16)18)15-23-10-4-11-24(13-12-23)21(25)19-7-3-14-27-19/h2,5-6,8-9,19H,3-4,7,10-15H2,1H3/t19-/m1/s1. The maximum atomic E-state index is 12.6. The highest BCUT2D eigenvalue weighted by Crippen LogP contribution is 2.24. The van der Waals surface area contributed by atoms with Crippen LogP contribution in [0.1, 0.15) is 25.0 Å². The molecule has 0 unspecified atom stereocenters. The van der Waals surface area contributed by atoms with Gasteiger partial charge in [-0.25, -0.2) is 4.98 Å². The third-order valence-corrected chi connectivity index (χ3v) is 5.45. The first-order chi connectivity index (χ1) is 13.2. The van der Waals surface area contributed by atoms with Crippen molar-refractivity contribution in [2.24, 2.45) is 0 Å². The van der Waals surface area contributed by atoms with Gasteiger partial charge < -0.3 is 14.4 Å². The number of carbonyl (C=O) groups excluding carboxylic acids is 1. The summed E-state index contributed by atoms with van der Waals surface area (Å²) in [7, 11) is 1.68. The second-order valence-electron chi connectivity index (χ2n) is 7.29. The lowest BCUT2D eigenvalue weighted by Crippen LogP contribution is -2.41. The highest BCUT2D eigenvalue weighted by molar-refractivity contribution is 5.84. The maximum absolute atomic E-state index is 12.6. The Morgan fingerprint density at radius 1 is 1.19 bits per heavy atom. The number of hydrogen-bond acceptors (Lipinski definition) is 5. The van der Waals surface area contributed by atoms with E-state index in [9.17, 15) is 4.79 Å². The number of amides is 1. The topological polar surface area (TPSA) is 54.9 Å². The van der Waals surface area contributed by atoms with Gasteiger partial charge in [0.15, 0.2) is 0 Å². The SMILES string of the molecule is COc1cccc2ccc(CN3CCCN(C(=O)[C@H]4CCCO4)CC3)nc12. The first-order valence-electron chi connectivity index (χ1n) is 9.80. The number of ether oxygens (including phenoxy) is 2. The van der Waals surface area contributed by atoms with E-state index in [0.717, 1.165) is 74.3 Å². The van der Waals surface area contributed by atoms with Gasteiger partial charge in [0, 0.05) is 44.7 Å². The Labute approximate surface area is 160 Å². The van der Waals surface area contributed by atoms with Crippen molar-refractivity contribution in [1.29, 1.82) is 0 Å². The summed E-state index contributed by atoms with van der Waals surface area (Å²) in [6.07, 6.45) is 2.62. The molecule has 4 rings (SSSR count). The molecule has 2 aromatic rings. The maximum Gasteiger partial charge on any atom is 0.251 e. The highest BCUT2D eigenvalue weighted by Gasteiger charge is 2.29. The summed E-state index contributed by atoms with van der Waals surface area (Å²) < 4.78 is 11.0. The second-order valence-corrected chi connectivity index (χ2v) is 7.29. The summed E-state index contributed by atoms with van der Waals surface area (Å²) in [4.78, 5) is 21.8. The van der Waals surface area contributed by atoms with E-state index in [4.69, 9.17) is 14.5 Å². The molecule has 0 bridgehead atoms. The number of pyridine rings is 1. The van der Waals surface area contributed by atoms with Crippen LogP contribution in [0.5, 0.6) is 5.75 Å². The minimum absolute atomic E-state index is 0.169. The third-order valence-electron chi connectivity index (χ3n) is 5.45. The Morgan fingerprint density at radius 3 is 2.93 bits per heavy atom. The van der Waals surface area contributed by atoms with Crippen molar-refractivity contribution >= 4 is 16.8 Å². The molecule has 0 aliphatic carbocycles. The van der Waals surface area contributed by atoms with E-state index in [2.05, 4.69) is 23.1 Å². The largest absolute Gasteiger partial charge is 0.494 e. The van der Waals surface area contributed by atoms with Crippen LogP contribution < -0.4 is 4.74 Å². The van der Waals surface area contributed by atoms with Crippen molar-refractivity contribution in [1.82, 2.24) is 14.8 Å². The predicted molar refractivity (Wildman–Crippen MR) is 104 cm³/mol. The van der Waals surface area contributed by atoms with Gasteiger partial charge in [-0.1, -0.05) is 18.2 Å². The molecular weight excluding hydrogens is 342 g/mol. The van der Waals surface area contributed by atoms with Crippen LogP contribution in [0.15, 0.2) is 30.3 Å². The zero-order valence-corrected chi connectivity index (χ0v) is 15.9. The van der Waals surface area contributed by atoms with Crippen LogP contribution in [0, 0.1) is 0 Å². The first-order valence-corrected chi connectivity index (χ1v) is 9.80. The number of methoxy groups -OCH3 is 1. The molecule has 2 aliphatic heterocycles. The molecule has 1 amide bonds. The fourth-order valence-corrected chi connectivity index (χ4v) is 3.97. The molecule has 2 fully saturated rings. The molecule has 6 nitrogen and oxygen atoms in total. The zero-order chi connectivity index (χ0) is 18.6. The normalized spacial score (nSPS) is 21.4. The number of carbonyl (C=O) groups is 1. The smallest absolute Gasteiger partial charge is 0.251 e. The molecule has 0 N–H and O–H groups in total. The molecule has 144 valence electrons. The van der Waals surface area contributed by atoms with Crippen LogP contribution in [0.25, 0.3) is 10.9 Å². The van der Waals surface area contributed by atoms with Gasteiger partial charge in [0.05, 0.1) is 12.8 Å². The van der Waals surface area contributed by atoms with E-state index in [1.807, 2.05) is 17.0 Å². The highest BCUT2D eigenvalue weighted by atomic mass is 16.5. The van der Waals surface area contributed by atoms with E-state index >= 15 is 0 Å². The van der Waals surface area contributed by atoms with E-state index in [1.54, 1.807) is 7.11 Å². The Kier molecular flexibility index (Phi) is 5.55. The Morgan fingerprint density at radius 2 is 2.11 bits per heavy atom. The van der Waals surface area contributed by atoms with Crippen molar-refractivity contribution in [3.8, 4) is 5.75 Å². The first kappa shape index (κ1) is 18.2. The summed E-state index contributed by atoms with van der Waals surface area (Å²) in [5, 5.41) is 1.09. The summed E-state index contributed by atoms with van der Waals surface area (Å²) in [6, 6.07) is 10.2. The lowest BCUT2D eigenvalue weighted by atomic mass is 10.2. The van der Waals surface area contributed by atoms with Gasteiger partial charge in [-0.2, -0.15) is 0 Å². The number of aromatic nitrogens is 1. The van der Waals surface area contributed by atoms with Crippen molar-refractivity contribution in [2.75, 3.05) is 39.9 Å². The van der Waals surface area contributed by atoms with Gasteiger partial charge in [0.25, 0.3) is 5.91 Å². The van der Waals surface area contributed by atoms with Gasteiger partial charge in [-0.3, -0.25) is 9.69 Å². The zero-order valence-electron chi connectivity index (χ0n) is 15.9. The van der Waals surface area contributed by atoms with Gasteiger partial charge in [0.1, 0.15) is 17.4 Å². The molecule has 0 radical (unpaired) electrons. The summed E-state index contributed by atoms with van der Waals surface area (Å²) in [5.41, 5.74) is 1.94. The second kappa shape index (κ2) is 8.23. The Balaban J connectivity index is 1.41. The lowest BCUT2D eigenvalue weighted by Gasteiger charge is -2.24. The van der Waals surface area contributed by atoms with Gasteiger partial charge in [-0.15, -0.1) is 0 Å². The molecule has 2 saturated heterocycles. The molecule has 1 atom stereocenters. The summed E-state index contributed by atoms with van der Waals surface area (Å²) >= 11 is 0. The molecular formula is C21H27N3O3.